The highest BCUT2D eigenvalue weighted by atomic mass is 15.0. The molecule has 1 unspecified atom stereocenters. The van der Waals surface area contributed by atoms with Gasteiger partial charge in [-0.3, -0.25) is 5.41 Å². The largest absolute Gasteiger partial charge is 0.367 e. The first-order valence-electron chi connectivity index (χ1n) is 8.03. The van der Waals surface area contributed by atoms with Crippen LogP contribution in [0, 0.1) is 12.3 Å². The summed E-state index contributed by atoms with van der Waals surface area (Å²) in [5, 5.41) is 12.0. The number of anilines is 1. The minimum atomic E-state index is 0.407. The zero-order chi connectivity index (χ0) is 15.9. The normalized spacial score (nSPS) is 12.0. The monoisotopic (exact) mass is 295 g/mol. The standard InChI is InChI=1S/C19H25N3/c1-4-7-16(5-2)22-19-17(8-6-13-21-19)18(20)15-11-9-14(3)10-12-15/h6,8-13,16,20H,4-5,7H2,1-3H3,(H,21,22). The Morgan fingerprint density at radius 2 is 1.91 bits per heavy atom. The van der Waals surface area contributed by atoms with Crippen LogP contribution in [0.3, 0.4) is 0 Å². The lowest BCUT2D eigenvalue weighted by atomic mass is 10.0. The van der Waals surface area contributed by atoms with E-state index in [1.165, 1.54) is 5.56 Å². The number of nitrogens with one attached hydrogen (secondary N) is 2. The van der Waals surface area contributed by atoms with Crippen molar-refractivity contribution in [1.82, 2.24) is 4.98 Å². The minimum Gasteiger partial charge on any atom is -0.367 e. The van der Waals surface area contributed by atoms with Crippen LogP contribution in [-0.2, 0) is 0 Å². The molecule has 0 fully saturated rings. The first kappa shape index (κ1) is 16.2. The maximum absolute atomic E-state index is 8.51. The van der Waals surface area contributed by atoms with Crippen LogP contribution in [0.15, 0.2) is 42.6 Å². The van der Waals surface area contributed by atoms with Gasteiger partial charge in [-0.2, -0.15) is 0 Å². The lowest BCUT2D eigenvalue weighted by molar-refractivity contribution is 0.620. The van der Waals surface area contributed by atoms with E-state index in [1.54, 1.807) is 6.20 Å². The molecule has 116 valence electrons. The molecule has 1 aromatic heterocycles. The van der Waals surface area contributed by atoms with Gasteiger partial charge in [0.2, 0.25) is 0 Å². The molecule has 0 saturated heterocycles. The molecule has 22 heavy (non-hydrogen) atoms. The van der Waals surface area contributed by atoms with Crippen LogP contribution >= 0.6 is 0 Å². The quantitative estimate of drug-likeness (QED) is 0.721. The number of hydrogen-bond donors (Lipinski definition) is 2. The lowest BCUT2D eigenvalue weighted by Crippen LogP contribution is -2.21. The number of pyridine rings is 1. The Bertz CT molecular complexity index is 617. The number of nitrogens with zero attached hydrogens (tertiary/aromatic N) is 1. The zero-order valence-electron chi connectivity index (χ0n) is 13.7. The third-order valence-corrected chi connectivity index (χ3v) is 3.89. The van der Waals surface area contributed by atoms with Crippen molar-refractivity contribution in [3.05, 3.63) is 59.3 Å². The fourth-order valence-electron chi connectivity index (χ4n) is 2.52. The van der Waals surface area contributed by atoms with Gasteiger partial charge in [-0.1, -0.05) is 50.1 Å². The second-order valence-electron chi connectivity index (χ2n) is 5.68. The average Bonchev–Trinajstić information content (AvgIpc) is 2.55. The van der Waals surface area contributed by atoms with Crippen LogP contribution in [0.2, 0.25) is 0 Å². The summed E-state index contributed by atoms with van der Waals surface area (Å²) in [5.74, 6) is 0.813. The van der Waals surface area contributed by atoms with Crippen molar-refractivity contribution >= 4 is 11.5 Å². The molecule has 0 radical (unpaired) electrons. The summed E-state index contributed by atoms with van der Waals surface area (Å²) in [6, 6.07) is 12.3. The highest BCUT2D eigenvalue weighted by molar-refractivity contribution is 6.13. The SMILES string of the molecule is CCCC(CC)Nc1ncccc1C(=N)c1ccc(C)cc1. The Morgan fingerprint density at radius 1 is 1.18 bits per heavy atom. The van der Waals surface area contributed by atoms with Crippen molar-refractivity contribution in [3.8, 4) is 0 Å². The molecule has 0 amide bonds. The van der Waals surface area contributed by atoms with Gasteiger partial charge in [0.05, 0.1) is 5.71 Å². The Hall–Kier alpha value is -2.16. The van der Waals surface area contributed by atoms with Crippen LogP contribution in [-0.4, -0.2) is 16.7 Å². The number of benzene rings is 1. The van der Waals surface area contributed by atoms with Gasteiger partial charge in [-0.25, -0.2) is 4.98 Å². The van der Waals surface area contributed by atoms with Gasteiger partial charge in [-0.05, 0) is 31.9 Å². The van der Waals surface area contributed by atoms with E-state index in [1.807, 2.05) is 36.4 Å². The molecule has 1 heterocycles. The molecule has 3 nitrogen and oxygen atoms in total. The second-order valence-corrected chi connectivity index (χ2v) is 5.68. The predicted molar refractivity (Wildman–Crippen MR) is 94.0 cm³/mol. The van der Waals surface area contributed by atoms with Gasteiger partial charge in [0.1, 0.15) is 5.82 Å². The molecule has 0 bridgehead atoms. The maximum Gasteiger partial charge on any atom is 0.135 e. The van der Waals surface area contributed by atoms with Crippen molar-refractivity contribution < 1.29 is 0 Å². The number of aromatic nitrogens is 1. The van der Waals surface area contributed by atoms with Crippen LogP contribution in [0.5, 0.6) is 0 Å². The average molecular weight is 295 g/mol. The highest BCUT2D eigenvalue weighted by Gasteiger charge is 2.13. The van der Waals surface area contributed by atoms with Crippen molar-refractivity contribution in [1.29, 1.82) is 5.41 Å². The summed E-state index contributed by atoms with van der Waals surface area (Å²) in [6.45, 7) is 6.43. The fraction of sp³-hybridized carbons (Fsp3) is 0.368. The third-order valence-electron chi connectivity index (χ3n) is 3.89. The first-order chi connectivity index (χ1) is 10.7. The smallest absolute Gasteiger partial charge is 0.135 e. The lowest BCUT2D eigenvalue weighted by Gasteiger charge is -2.19. The number of hydrogen-bond acceptors (Lipinski definition) is 3. The van der Waals surface area contributed by atoms with Crippen molar-refractivity contribution in [2.75, 3.05) is 5.32 Å². The molecule has 2 aromatic rings. The zero-order valence-corrected chi connectivity index (χ0v) is 13.7. The van der Waals surface area contributed by atoms with Gasteiger partial charge in [0, 0.05) is 23.4 Å². The van der Waals surface area contributed by atoms with Gasteiger partial charge in [-0.15, -0.1) is 0 Å². The van der Waals surface area contributed by atoms with Crippen molar-refractivity contribution in [2.24, 2.45) is 0 Å². The highest BCUT2D eigenvalue weighted by Crippen LogP contribution is 2.19. The van der Waals surface area contributed by atoms with E-state index < -0.39 is 0 Å². The van der Waals surface area contributed by atoms with E-state index in [0.29, 0.717) is 11.8 Å². The van der Waals surface area contributed by atoms with Crippen LogP contribution in [0.4, 0.5) is 5.82 Å². The first-order valence-corrected chi connectivity index (χ1v) is 8.03. The van der Waals surface area contributed by atoms with Crippen molar-refractivity contribution in [2.45, 2.75) is 46.1 Å². The molecular formula is C19H25N3. The number of rotatable bonds is 7. The summed E-state index contributed by atoms with van der Waals surface area (Å²) in [6.07, 6.45) is 5.10. The van der Waals surface area contributed by atoms with Crippen LogP contribution in [0.25, 0.3) is 0 Å². The molecule has 0 aliphatic rings. The molecule has 1 atom stereocenters. The molecule has 2 N–H and O–H groups in total. The molecule has 1 aromatic carbocycles. The Kier molecular flexibility index (Phi) is 5.70. The van der Waals surface area contributed by atoms with E-state index in [-0.39, 0.29) is 0 Å². The molecule has 2 rings (SSSR count). The van der Waals surface area contributed by atoms with Gasteiger partial charge < -0.3 is 5.32 Å². The van der Waals surface area contributed by atoms with Gasteiger partial charge in [0.25, 0.3) is 0 Å². The Balaban J connectivity index is 2.27. The third kappa shape index (κ3) is 3.94. The molecule has 3 heteroatoms. The fourth-order valence-corrected chi connectivity index (χ4v) is 2.52. The summed E-state index contributed by atoms with van der Waals surface area (Å²) in [7, 11) is 0. The minimum absolute atomic E-state index is 0.407. The van der Waals surface area contributed by atoms with Crippen molar-refractivity contribution in [3.63, 3.8) is 0 Å². The molecule has 0 saturated carbocycles. The Labute approximate surface area is 133 Å². The molecular weight excluding hydrogens is 270 g/mol. The predicted octanol–water partition coefficient (Wildman–Crippen LogP) is 4.80. The van der Waals surface area contributed by atoms with E-state index in [0.717, 1.165) is 36.2 Å². The second kappa shape index (κ2) is 7.74. The van der Waals surface area contributed by atoms with Crippen LogP contribution < -0.4 is 5.32 Å². The summed E-state index contributed by atoms with van der Waals surface area (Å²) in [4.78, 5) is 4.46. The summed E-state index contributed by atoms with van der Waals surface area (Å²) >= 11 is 0. The van der Waals surface area contributed by atoms with Gasteiger partial charge >= 0.3 is 0 Å². The van der Waals surface area contributed by atoms with Gasteiger partial charge in [0.15, 0.2) is 0 Å². The summed E-state index contributed by atoms with van der Waals surface area (Å²) in [5.41, 5.74) is 3.50. The maximum atomic E-state index is 8.51. The number of aryl methyl sites for hydroxylation is 1. The topological polar surface area (TPSA) is 48.8 Å². The van der Waals surface area contributed by atoms with E-state index in [2.05, 4.69) is 31.1 Å². The van der Waals surface area contributed by atoms with E-state index in [9.17, 15) is 0 Å². The molecule has 0 aliphatic heterocycles. The van der Waals surface area contributed by atoms with E-state index in [4.69, 9.17) is 5.41 Å². The van der Waals surface area contributed by atoms with Crippen LogP contribution in [0.1, 0.15) is 49.8 Å². The van der Waals surface area contributed by atoms with E-state index >= 15 is 0 Å². The molecule has 0 aliphatic carbocycles. The summed E-state index contributed by atoms with van der Waals surface area (Å²) < 4.78 is 0. The molecule has 0 spiro atoms. The Morgan fingerprint density at radius 3 is 2.55 bits per heavy atom.